The number of ether oxygens (including phenoxy) is 1. The summed E-state index contributed by atoms with van der Waals surface area (Å²) in [7, 11) is 1.74. The van der Waals surface area contributed by atoms with E-state index >= 15 is 0 Å². The van der Waals surface area contributed by atoms with Crippen LogP contribution in [0.1, 0.15) is 22.9 Å². The third-order valence-corrected chi connectivity index (χ3v) is 4.43. The standard InChI is InChI=1S/C18H18N2O/c1-21-16-9-5-3-7-14(16)17-18-13(10-11-19-17)12-6-2-4-8-15(12)20-18/h2-9,17,19-20H,10-11H2,1H3/p+1/t17-/m1/s1. The molecule has 3 N–H and O–H groups in total. The van der Waals surface area contributed by atoms with E-state index in [9.17, 15) is 0 Å². The summed E-state index contributed by atoms with van der Waals surface area (Å²) in [5, 5.41) is 3.76. The second kappa shape index (κ2) is 4.93. The topological polar surface area (TPSA) is 41.6 Å². The van der Waals surface area contributed by atoms with Crippen molar-refractivity contribution < 1.29 is 10.1 Å². The lowest BCUT2D eigenvalue weighted by atomic mass is 9.94. The molecular formula is C18H19N2O+. The SMILES string of the molecule is COc1ccccc1[C@H]1[NH2+]CCc2c1[nH]c1ccccc21. The molecule has 0 spiro atoms. The minimum atomic E-state index is 0.289. The zero-order chi connectivity index (χ0) is 14.2. The van der Waals surface area contributed by atoms with Crippen LogP contribution in [-0.4, -0.2) is 18.6 Å². The highest BCUT2D eigenvalue weighted by atomic mass is 16.5. The van der Waals surface area contributed by atoms with Gasteiger partial charge in [-0.25, -0.2) is 0 Å². The van der Waals surface area contributed by atoms with Gasteiger partial charge in [-0.3, -0.25) is 0 Å². The molecule has 0 amide bonds. The predicted octanol–water partition coefficient (Wildman–Crippen LogP) is 2.39. The van der Waals surface area contributed by atoms with E-state index in [0.717, 1.165) is 18.7 Å². The summed E-state index contributed by atoms with van der Waals surface area (Å²) >= 11 is 0. The van der Waals surface area contributed by atoms with Gasteiger partial charge in [-0.1, -0.05) is 30.3 Å². The summed E-state index contributed by atoms with van der Waals surface area (Å²) < 4.78 is 5.55. The van der Waals surface area contributed by atoms with Crippen LogP contribution in [0, 0.1) is 0 Å². The van der Waals surface area contributed by atoms with Gasteiger partial charge in [0.25, 0.3) is 0 Å². The van der Waals surface area contributed by atoms with E-state index in [0.29, 0.717) is 0 Å². The van der Waals surface area contributed by atoms with Crippen molar-refractivity contribution in [2.45, 2.75) is 12.5 Å². The van der Waals surface area contributed by atoms with Crippen molar-refractivity contribution in [3.8, 4) is 5.75 Å². The van der Waals surface area contributed by atoms with Crippen LogP contribution in [0.15, 0.2) is 48.5 Å². The molecule has 0 fully saturated rings. The molecule has 0 aliphatic carbocycles. The number of hydrogen-bond acceptors (Lipinski definition) is 1. The van der Waals surface area contributed by atoms with Crippen LogP contribution < -0.4 is 10.1 Å². The Morgan fingerprint density at radius 1 is 1.10 bits per heavy atom. The molecule has 1 aliphatic heterocycles. The summed E-state index contributed by atoms with van der Waals surface area (Å²) in [6.07, 6.45) is 1.12. The molecule has 3 nitrogen and oxygen atoms in total. The van der Waals surface area contributed by atoms with Crippen molar-refractivity contribution in [1.29, 1.82) is 0 Å². The van der Waals surface area contributed by atoms with Gasteiger partial charge < -0.3 is 15.0 Å². The number of aromatic nitrogens is 1. The van der Waals surface area contributed by atoms with Crippen molar-refractivity contribution in [2.24, 2.45) is 0 Å². The molecule has 4 rings (SSSR count). The molecule has 0 bridgehead atoms. The van der Waals surface area contributed by atoms with Crippen molar-refractivity contribution in [2.75, 3.05) is 13.7 Å². The maximum atomic E-state index is 5.55. The summed E-state index contributed by atoms with van der Waals surface area (Å²) in [5.41, 5.74) is 5.26. The van der Waals surface area contributed by atoms with Gasteiger partial charge in [0.2, 0.25) is 0 Å². The van der Waals surface area contributed by atoms with Gasteiger partial charge in [0.15, 0.2) is 6.04 Å². The van der Waals surface area contributed by atoms with Crippen LogP contribution >= 0.6 is 0 Å². The van der Waals surface area contributed by atoms with Crippen molar-refractivity contribution in [3.63, 3.8) is 0 Å². The Kier molecular flexibility index (Phi) is 2.93. The first-order chi connectivity index (χ1) is 10.4. The molecule has 21 heavy (non-hydrogen) atoms. The molecule has 3 aromatic rings. The molecule has 0 radical (unpaired) electrons. The molecule has 0 saturated heterocycles. The summed E-state index contributed by atoms with van der Waals surface area (Å²) in [4.78, 5) is 3.63. The smallest absolute Gasteiger partial charge is 0.156 e. The minimum absolute atomic E-state index is 0.289. The number of para-hydroxylation sites is 2. The van der Waals surface area contributed by atoms with E-state index in [1.807, 2.05) is 12.1 Å². The lowest BCUT2D eigenvalue weighted by molar-refractivity contribution is -0.690. The Morgan fingerprint density at radius 3 is 2.81 bits per heavy atom. The van der Waals surface area contributed by atoms with Gasteiger partial charge in [-0.15, -0.1) is 0 Å². The highest BCUT2D eigenvalue weighted by Gasteiger charge is 2.30. The average molecular weight is 279 g/mol. The largest absolute Gasteiger partial charge is 0.496 e. The average Bonchev–Trinajstić information content (AvgIpc) is 2.93. The molecule has 2 heterocycles. The van der Waals surface area contributed by atoms with E-state index in [4.69, 9.17) is 4.74 Å². The monoisotopic (exact) mass is 279 g/mol. The fourth-order valence-corrected chi connectivity index (χ4v) is 3.47. The zero-order valence-corrected chi connectivity index (χ0v) is 12.1. The summed E-state index contributed by atoms with van der Waals surface area (Å²) in [5.74, 6) is 0.963. The Labute approximate surface area is 123 Å². The van der Waals surface area contributed by atoms with Gasteiger partial charge in [0.1, 0.15) is 5.75 Å². The van der Waals surface area contributed by atoms with Crippen LogP contribution in [0.4, 0.5) is 0 Å². The second-order valence-corrected chi connectivity index (χ2v) is 5.56. The van der Waals surface area contributed by atoms with Crippen LogP contribution in [0.3, 0.4) is 0 Å². The maximum Gasteiger partial charge on any atom is 0.156 e. The van der Waals surface area contributed by atoms with Gasteiger partial charge in [-0.05, 0) is 23.8 Å². The number of hydrogen-bond donors (Lipinski definition) is 2. The lowest BCUT2D eigenvalue weighted by Crippen LogP contribution is -2.87. The summed E-state index contributed by atoms with van der Waals surface area (Å²) in [6.45, 7) is 1.11. The lowest BCUT2D eigenvalue weighted by Gasteiger charge is -2.23. The number of nitrogens with one attached hydrogen (secondary N) is 1. The first kappa shape index (κ1) is 12.5. The Balaban J connectivity index is 1.90. The van der Waals surface area contributed by atoms with Crippen molar-refractivity contribution in [3.05, 3.63) is 65.4 Å². The molecule has 1 aromatic heterocycles. The van der Waals surface area contributed by atoms with Crippen molar-refractivity contribution in [1.82, 2.24) is 4.98 Å². The highest BCUT2D eigenvalue weighted by molar-refractivity contribution is 5.85. The number of quaternary nitrogens is 1. The number of fused-ring (bicyclic) bond motifs is 3. The maximum absolute atomic E-state index is 5.55. The minimum Gasteiger partial charge on any atom is -0.496 e. The number of aromatic amines is 1. The fourth-order valence-electron chi connectivity index (χ4n) is 3.47. The van der Waals surface area contributed by atoms with E-state index in [-0.39, 0.29) is 6.04 Å². The Hall–Kier alpha value is -2.26. The van der Waals surface area contributed by atoms with E-state index in [1.165, 1.54) is 27.7 Å². The molecule has 1 atom stereocenters. The first-order valence-corrected chi connectivity index (χ1v) is 7.44. The van der Waals surface area contributed by atoms with Crippen LogP contribution in [0.25, 0.3) is 10.9 Å². The molecule has 106 valence electrons. The number of benzene rings is 2. The van der Waals surface area contributed by atoms with E-state index in [2.05, 4.69) is 46.7 Å². The van der Waals surface area contributed by atoms with Crippen molar-refractivity contribution >= 4 is 10.9 Å². The normalized spacial score (nSPS) is 17.7. The van der Waals surface area contributed by atoms with Gasteiger partial charge in [-0.2, -0.15) is 0 Å². The molecular weight excluding hydrogens is 260 g/mol. The van der Waals surface area contributed by atoms with Crippen LogP contribution in [0.2, 0.25) is 0 Å². The fraction of sp³-hybridized carbons (Fsp3) is 0.222. The molecule has 0 unspecified atom stereocenters. The number of rotatable bonds is 2. The quantitative estimate of drug-likeness (QED) is 0.743. The predicted molar refractivity (Wildman–Crippen MR) is 83.6 cm³/mol. The molecule has 0 saturated carbocycles. The summed E-state index contributed by atoms with van der Waals surface area (Å²) in [6, 6.07) is 17.2. The third-order valence-electron chi connectivity index (χ3n) is 4.43. The first-order valence-electron chi connectivity index (χ1n) is 7.44. The highest BCUT2D eigenvalue weighted by Crippen LogP contribution is 2.33. The zero-order valence-electron chi connectivity index (χ0n) is 12.1. The second-order valence-electron chi connectivity index (χ2n) is 5.56. The van der Waals surface area contributed by atoms with Gasteiger partial charge in [0, 0.05) is 17.3 Å². The third kappa shape index (κ3) is 1.93. The van der Waals surface area contributed by atoms with Crippen LogP contribution in [-0.2, 0) is 6.42 Å². The van der Waals surface area contributed by atoms with Crippen LogP contribution in [0.5, 0.6) is 5.75 Å². The molecule has 1 aliphatic rings. The number of H-pyrrole nitrogens is 1. The molecule has 2 aromatic carbocycles. The van der Waals surface area contributed by atoms with Gasteiger partial charge in [0.05, 0.1) is 24.9 Å². The molecule has 3 heteroatoms. The van der Waals surface area contributed by atoms with E-state index in [1.54, 1.807) is 7.11 Å². The Bertz CT molecular complexity index is 791. The number of methoxy groups -OCH3 is 1. The van der Waals surface area contributed by atoms with Gasteiger partial charge >= 0.3 is 0 Å². The van der Waals surface area contributed by atoms with E-state index < -0.39 is 0 Å². The number of nitrogens with two attached hydrogens (primary N) is 1. The Morgan fingerprint density at radius 2 is 1.90 bits per heavy atom.